The van der Waals surface area contributed by atoms with Gasteiger partial charge in [-0.3, -0.25) is 4.79 Å². The van der Waals surface area contributed by atoms with Gasteiger partial charge >= 0.3 is 5.69 Å². The molecule has 0 aliphatic carbocycles. The first-order valence-corrected chi connectivity index (χ1v) is 6.61. The molecule has 0 fully saturated rings. The minimum Gasteiger partial charge on any atom is -0.303 e. The Balaban J connectivity index is 2.50. The molecule has 0 aliphatic heterocycles. The number of hydrogen-bond donors (Lipinski definition) is 0. The fourth-order valence-electron chi connectivity index (χ4n) is 1.77. The molecule has 0 bridgehead atoms. The highest BCUT2D eigenvalue weighted by atomic mass is 16.2. The number of unbranched alkanes of at least 4 members (excludes halogenated alkanes) is 5. The Morgan fingerprint density at radius 3 is 2.61 bits per heavy atom. The molecule has 1 heterocycles. The van der Waals surface area contributed by atoms with E-state index >= 15 is 0 Å². The molecule has 0 unspecified atom stereocenters. The first-order chi connectivity index (χ1) is 8.66. The lowest BCUT2D eigenvalue weighted by Gasteiger charge is -2.00. The first kappa shape index (κ1) is 14.5. The number of aryl methyl sites for hydroxylation is 1. The third-order valence-corrected chi connectivity index (χ3v) is 2.91. The van der Waals surface area contributed by atoms with Gasteiger partial charge in [-0.2, -0.15) is 0 Å². The molecule has 1 aromatic heterocycles. The molecular weight excluding hydrogens is 228 g/mol. The van der Waals surface area contributed by atoms with E-state index in [1.807, 2.05) is 6.08 Å². The van der Waals surface area contributed by atoms with Gasteiger partial charge in [0.2, 0.25) is 0 Å². The van der Waals surface area contributed by atoms with Crippen LogP contribution in [0.5, 0.6) is 0 Å². The average Bonchev–Trinajstić information content (AvgIpc) is 2.36. The predicted octanol–water partition coefficient (Wildman–Crippen LogP) is 2.38. The number of hydrogen-bond acceptors (Lipinski definition) is 2. The van der Waals surface area contributed by atoms with Crippen LogP contribution in [-0.4, -0.2) is 9.13 Å². The zero-order valence-corrected chi connectivity index (χ0v) is 11.3. The minimum absolute atomic E-state index is 0.277. The van der Waals surface area contributed by atoms with E-state index in [0.717, 1.165) is 17.4 Å². The molecule has 0 aliphatic rings. The van der Waals surface area contributed by atoms with E-state index in [9.17, 15) is 9.59 Å². The van der Waals surface area contributed by atoms with Gasteiger partial charge in [-0.25, -0.2) is 9.36 Å². The molecule has 4 heteroatoms. The second-order valence-corrected chi connectivity index (χ2v) is 4.51. The molecule has 0 radical (unpaired) electrons. The van der Waals surface area contributed by atoms with E-state index in [2.05, 4.69) is 6.92 Å². The highest BCUT2D eigenvalue weighted by molar-refractivity contribution is 5.21. The van der Waals surface area contributed by atoms with Crippen molar-refractivity contribution in [3.63, 3.8) is 0 Å². The van der Waals surface area contributed by atoms with Crippen LogP contribution < -0.4 is 11.2 Å². The van der Waals surface area contributed by atoms with Crippen LogP contribution in [0.1, 0.15) is 45.4 Å². The standard InChI is InChI=1S/C14H22N2O2/c1-3-4-5-6-7-8-9-11-16-13(17)10-12-15(2)14(16)18/h9-12H,3-8H2,1-2H3. The van der Waals surface area contributed by atoms with Crippen LogP contribution in [0.3, 0.4) is 0 Å². The molecule has 4 nitrogen and oxygen atoms in total. The molecule has 100 valence electrons. The van der Waals surface area contributed by atoms with Crippen molar-refractivity contribution in [1.29, 1.82) is 0 Å². The number of aromatic nitrogens is 2. The van der Waals surface area contributed by atoms with Gasteiger partial charge in [0.15, 0.2) is 0 Å². The Labute approximate surface area is 108 Å². The molecule has 0 saturated carbocycles. The Morgan fingerprint density at radius 1 is 1.17 bits per heavy atom. The lowest BCUT2D eigenvalue weighted by molar-refractivity contribution is 0.637. The van der Waals surface area contributed by atoms with E-state index in [1.165, 1.54) is 42.5 Å². The molecule has 18 heavy (non-hydrogen) atoms. The van der Waals surface area contributed by atoms with Gasteiger partial charge in [-0.15, -0.1) is 0 Å². The Hall–Kier alpha value is -1.58. The van der Waals surface area contributed by atoms with Gasteiger partial charge in [0, 0.05) is 25.5 Å². The molecule has 0 saturated heterocycles. The van der Waals surface area contributed by atoms with Crippen LogP contribution in [0.25, 0.3) is 6.20 Å². The normalized spacial score (nSPS) is 11.2. The van der Waals surface area contributed by atoms with Gasteiger partial charge in [0.05, 0.1) is 0 Å². The zero-order valence-electron chi connectivity index (χ0n) is 11.3. The van der Waals surface area contributed by atoms with E-state index in [-0.39, 0.29) is 11.2 Å². The summed E-state index contributed by atoms with van der Waals surface area (Å²) in [6.07, 6.45) is 12.0. The second kappa shape index (κ2) is 7.69. The minimum atomic E-state index is -0.301. The predicted molar refractivity (Wildman–Crippen MR) is 74.6 cm³/mol. The lowest BCUT2D eigenvalue weighted by atomic mass is 10.1. The Kier molecular flexibility index (Phi) is 6.19. The van der Waals surface area contributed by atoms with Gasteiger partial charge in [-0.1, -0.05) is 38.7 Å². The summed E-state index contributed by atoms with van der Waals surface area (Å²) >= 11 is 0. The smallest absolute Gasteiger partial charge is 0.303 e. The van der Waals surface area contributed by atoms with Crippen molar-refractivity contribution < 1.29 is 0 Å². The molecule has 0 N–H and O–H groups in total. The van der Waals surface area contributed by atoms with E-state index in [0.29, 0.717) is 0 Å². The molecule has 0 spiro atoms. The van der Waals surface area contributed by atoms with Crippen LogP contribution in [0.15, 0.2) is 27.9 Å². The summed E-state index contributed by atoms with van der Waals surface area (Å²) in [7, 11) is 1.64. The van der Waals surface area contributed by atoms with E-state index in [4.69, 9.17) is 0 Å². The molecule has 0 atom stereocenters. The quantitative estimate of drug-likeness (QED) is 0.697. The average molecular weight is 250 g/mol. The molecule has 1 aromatic rings. The highest BCUT2D eigenvalue weighted by Crippen LogP contribution is 2.05. The van der Waals surface area contributed by atoms with Crippen molar-refractivity contribution in [2.24, 2.45) is 7.05 Å². The third kappa shape index (κ3) is 4.35. The maximum absolute atomic E-state index is 11.7. The van der Waals surface area contributed by atoms with Crippen molar-refractivity contribution in [2.45, 2.75) is 45.4 Å². The number of rotatable bonds is 7. The molecule has 0 aromatic carbocycles. The number of nitrogens with zero attached hydrogens (tertiary/aromatic N) is 2. The van der Waals surface area contributed by atoms with Crippen molar-refractivity contribution in [2.75, 3.05) is 0 Å². The summed E-state index contributed by atoms with van der Waals surface area (Å²) in [5.74, 6) is 0. The monoisotopic (exact) mass is 250 g/mol. The van der Waals surface area contributed by atoms with Crippen LogP contribution in [-0.2, 0) is 7.05 Å². The summed E-state index contributed by atoms with van der Waals surface area (Å²) < 4.78 is 2.54. The first-order valence-electron chi connectivity index (χ1n) is 6.61. The zero-order chi connectivity index (χ0) is 13.4. The largest absolute Gasteiger partial charge is 0.334 e. The summed E-state index contributed by atoms with van der Waals surface area (Å²) in [4.78, 5) is 23.2. The van der Waals surface area contributed by atoms with Crippen molar-refractivity contribution >= 4 is 6.20 Å². The lowest BCUT2D eigenvalue weighted by Crippen LogP contribution is -2.34. The van der Waals surface area contributed by atoms with Gasteiger partial charge in [0.25, 0.3) is 5.56 Å². The SMILES string of the molecule is CCCCCCCC=Cn1c(=O)ccn(C)c1=O. The summed E-state index contributed by atoms with van der Waals surface area (Å²) in [5, 5.41) is 0. The van der Waals surface area contributed by atoms with Crippen LogP contribution >= 0.6 is 0 Å². The molecular formula is C14H22N2O2. The van der Waals surface area contributed by atoms with Crippen molar-refractivity contribution in [3.05, 3.63) is 39.2 Å². The summed E-state index contributed by atoms with van der Waals surface area (Å²) in [6.45, 7) is 2.19. The van der Waals surface area contributed by atoms with Gasteiger partial charge in [-0.05, 0) is 12.8 Å². The topological polar surface area (TPSA) is 44.0 Å². The van der Waals surface area contributed by atoms with Gasteiger partial charge < -0.3 is 4.57 Å². The molecule has 0 amide bonds. The third-order valence-electron chi connectivity index (χ3n) is 2.91. The molecule has 1 rings (SSSR count). The highest BCUT2D eigenvalue weighted by Gasteiger charge is 1.97. The second-order valence-electron chi connectivity index (χ2n) is 4.51. The van der Waals surface area contributed by atoms with Gasteiger partial charge in [0.1, 0.15) is 0 Å². The number of allylic oxidation sites excluding steroid dienone is 1. The van der Waals surface area contributed by atoms with Crippen LogP contribution in [0.4, 0.5) is 0 Å². The Bertz CT molecular complexity index is 497. The Morgan fingerprint density at radius 2 is 1.89 bits per heavy atom. The fourth-order valence-corrected chi connectivity index (χ4v) is 1.77. The van der Waals surface area contributed by atoms with E-state index < -0.39 is 0 Å². The van der Waals surface area contributed by atoms with Crippen LogP contribution in [0, 0.1) is 0 Å². The van der Waals surface area contributed by atoms with Crippen molar-refractivity contribution in [1.82, 2.24) is 9.13 Å². The van der Waals surface area contributed by atoms with Crippen LogP contribution in [0.2, 0.25) is 0 Å². The summed E-state index contributed by atoms with van der Waals surface area (Å²) in [5.41, 5.74) is -0.579. The maximum Gasteiger partial charge on any atom is 0.334 e. The van der Waals surface area contributed by atoms with Crippen molar-refractivity contribution in [3.8, 4) is 0 Å². The maximum atomic E-state index is 11.7. The summed E-state index contributed by atoms with van der Waals surface area (Å²) in [6, 6.07) is 1.40. The van der Waals surface area contributed by atoms with E-state index in [1.54, 1.807) is 13.2 Å². The fraction of sp³-hybridized carbons (Fsp3) is 0.571.